The van der Waals surface area contributed by atoms with E-state index in [-0.39, 0.29) is 0 Å². The van der Waals surface area contributed by atoms with Crippen LogP contribution in [-0.4, -0.2) is 35.1 Å². The molecule has 1 N–H and O–H groups in total. The quantitative estimate of drug-likeness (QED) is 0.836. The molecule has 18 heavy (non-hydrogen) atoms. The number of carboxylic acid groups (broad SMARTS) is 1. The molecule has 0 radical (unpaired) electrons. The Bertz CT molecular complexity index is 297. The fraction of sp³-hybridized carbons (Fsp3) is 0.933. The van der Waals surface area contributed by atoms with E-state index in [1.54, 1.807) is 0 Å². The third-order valence-corrected chi connectivity index (χ3v) is 5.07. The summed E-state index contributed by atoms with van der Waals surface area (Å²) in [4.78, 5) is 14.0. The van der Waals surface area contributed by atoms with E-state index in [1.807, 2.05) is 0 Å². The summed E-state index contributed by atoms with van der Waals surface area (Å²) in [7, 11) is 0. The van der Waals surface area contributed by atoms with Crippen molar-refractivity contribution in [3.63, 3.8) is 0 Å². The Morgan fingerprint density at radius 1 is 1.33 bits per heavy atom. The van der Waals surface area contributed by atoms with Crippen molar-refractivity contribution in [3.05, 3.63) is 0 Å². The van der Waals surface area contributed by atoms with Gasteiger partial charge in [-0.05, 0) is 51.0 Å². The summed E-state index contributed by atoms with van der Waals surface area (Å²) in [6.45, 7) is 6.20. The Kier molecular flexibility index (Phi) is 4.31. The van der Waals surface area contributed by atoms with Gasteiger partial charge in [0.2, 0.25) is 0 Å². The molecule has 1 saturated carbocycles. The smallest absolute Gasteiger partial charge is 0.310 e. The monoisotopic (exact) mass is 253 g/mol. The Hall–Kier alpha value is -0.570. The maximum absolute atomic E-state index is 11.6. The van der Waals surface area contributed by atoms with Crippen molar-refractivity contribution in [1.82, 2.24) is 4.90 Å². The Morgan fingerprint density at radius 3 is 2.56 bits per heavy atom. The number of likely N-dealkylation sites (tertiary alicyclic amines) is 1. The van der Waals surface area contributed by atoms with Gasteiger partial charge in [-0.2, -0.15) is 0 Å². The summed E-state index contributed by atoms with van der Waals surface area (Å²) in [6, 6.07) is 0.652. The van der Waals surface area contributed by atoms with Crippen molar-refractivity contribution in [1.29, 1.82) is 0 Å². The van der Waals surface area contributed by atoms with Crippen LogP contribution in [0, 0.1) is 11.3 Å². The molecule has 0 spiro atoms. The van der Waals surface area contributed by atoms with Gasteiger partial charge in [0.05, 0.1) is 5.41 Å². The van der Waals surface area contributed by atoms with Crippen LogP contribution < -0.4 is 0 Å². The molecule has 1 heterocycles. The lowest BCUT2D eigenvalue weighted by Gasteiger charge is -2.34. The molecule has 0 aromatic carbocycles. The average Bonchev–Trinajstić information content (AvgIpc) is 2.76. The third-order valence-electron chi connectivity index (χ3n) is 5.07. The lowest BCUT2D eigenvalue weighted by Crippen LogP contribution is -2.40. The van der Waals surface area contributed by atoms with Crippen molar-refractivity contribution in [2.75, 3.05) is 13.1 Å². The van der Waals surface area contributed by atoms with Gasteiger partial charge in [0.1, 0.15) is 0 Å². The summed E-state index contributed by atoms with van der Waals surface area (Å²) in [5, 5.41) is 9.53. The van der Waals surface area contributed by atoms with Crippen LogP contribution >= 0.6 is 0 Å². The zero-order valence-corrected chi connectivity index (χ0v) is 11.8. The zero-order chi connectivity index (χ0) is 13.2. The topological polar surface area (TPSA) is 40.5 Å². The summed E-state index contributed by atoms with van der Waals surface area (Å²) in [5.41, 5.74) is -0.447. The maximum atomic E-state index is 11.6. The molecule has 2 fully saturated rings. The van der Waals surface area contributed by atoms with Crippen LogP contribution in [0.2, 0.25) is 0 Å². The average molecular weight is 253 g/mol. The van der Waals surface area contributed by atoms with Crippen LogP contribution in [0.1, 0.15) is 58.8 Å². The molecule has 1 aliphatic heterocycles. The predicted molar refractivity (Wildman–Crippen MR) is 72.6 cm³/mol. The van der Waals surface area contributed by atoms with Gasteiger partial charge in [-0.3, -0.25) is 9.69 Å². The van der Waals surface area contributed by atoms with E-state index in [2.05, 4.69) is 18.7 Å². The molecular formula is C15H27NO2. The first-order valence-corrected chi connectivity index (χ1v) is 7.55. The van der Waals surface area contributed by atoms with Crippen molar-refractivity contribution in [3.8, 4) is 0 Å². The zero-order valence-electron chi connectivity index (χ0n) is 11.8. The van der Waals surface area contributed by atoms with Gasteiger partial charge in [-0.1, -0.05) is 20.3 Å². The number of aliphatic carboxylic acids is 1. The highest BCUT2D eigenvalue weighted by Gasteiger charge is 2.45. The number of carbonyl (C=O) groups is 1. The molecule has 0 aromatic heterocycles. The molecule has 1 aliphatic carbocycles. The van der Waals surface area contributed by atoms with Crippen molar-refractivity contribution in [2.24, 2.45) is 11.3 Å². The SMILES string of the molecule is CCCC1(C(=O)O)CCN(C2CCC(C)CC2)C1. The molecule has 0 aromatic rings. The second-order valence-electron chi connectivity index (χ2n) is 6.47. The predicted octanol–water partition coefficient (Wildman–Crippen LogP) is 3.14. The van der Waals surface area contributed by atoms with E-state index < -0.39 is 11.4 Å². The molecule has 2 aliphatic rings. The maximum Gasteiger partial charge on any atom is 0.310 e. The molecule has 3 heteroatoms. The normalized spacial score (nSPS) is 37.9. The van der Waals surface area contributed by atoms with Crippen LogP contribution in [0.5, 0.6) is 0 Å². The Morgan fingerprint density at radius 2 is 2.00 bits per heavy atom. The third kappa shape index (κ3) is 2.71. The van der Waals surface area contributed by atoms with Crippen molar-refractivity contribution in [2.45, 2.75) is 64.8 Å². The highest BCUT2D eigenvalue weighted by molar-refractivity contribution is 5.75. The minimum absolute atomic E-state index is 0.447. The lowest BCUT2D eigenvalue weighted by molar-refractivity contribution is -0.148. The second-order valence-corrected chi connectivity index (χ2v) is 6.47. The van der Waals surface area contributed by atoms with E-state index >= 15 is 0 Å². The minimum atomic E-state index is -0.573. The summed E-state index contributed by atoms with van der Waals surface area (Å²) >= 11 is 0. The number of nitrogens with zero attached hydrogens (tertiary/aromatic N) is 1. The fourth-order valence-corrected chi connectivity index (χ4v) is 3.79. The molecule has 104 valence electrons. The highest BCUT2D eigenvalue weighted by Crippen LogP contribution is 2.39. The van der Waals surface area contributed by atoms with Crippen molar-refractivity contribution < 1.29 is 9.90 Å². The summed E-state index contributed by atoms with van der Waals surface area (Å²) in [5.74, 6) is 0.291. The van der Waals surface area contributed by atoms with Crippen LogP contribution in [0.4, 0.5) is 0 Å². The first kappa shape index (κ1) is 13.9. The molecule has 1 saturated heterocycles. The van der Waals surface area contributed by atoms with E-state index in [0.717, 1.165) is 38.3 Å². The number of rotatable bonds is 4. The largest absolute Gasteiger partial charge is 0.481 e. The number of hydrogen-bond donors (Lipinski definition) is 1. The highest BCUT2D eigenvalue weighted by atomic mass is 16.4. The first-order valence-electron chi connectivity index (χ1n) is 7.55. The molecule has 0 bridgehead atoms. The van der Waals surface area contributed by atoms with Gasteiger partial charge in [0.15, 0.2) is 0 Å². The van der Waals surface area contributed by atoms with Gasteiger partial charge in [0.25, 0.3) is 0 Å². The second kappa shape index (κ2) is 5.60. The van der Waals surface area contributed by atoms with Crippen LogP contribution in [0.3, 0.4) is 0 Å². The Balaban J connectivity index is 1.96. The van der Waals surface area contributed by atoms with Gasteiger partial charge < -0.3 is 5.11 Å². The summed E-state index contributed by atoms with van der Waals surface area (Å²) in [6.07, 6.45) is 7.82. The van der Waals surface area contributed by atoms with Crippen LogP contribution in [-0.2, 0) is 4.79 Å². The Labute approximate surface area is 111 Å². The van der Waals surface area contributed by atoms with Crippen LogP contribution in [0.15, 0.2) is 0 Å². The van der Waals surface area contributed by atoms with Crippen molar-refractivity contribution >= 4 is 5.97 Å². The summed E-state index contributed by atoms with van der Waals surface area (Å²) < 4.78 is 0. The molecule has 1 atom stereocenters. The molecular weight excluding hydrogens is 226 g/mol. The van der Waals surface area contributed by atoms with Gasteiger partial charge >= 0.3 is 5.97 Å². The minimum Gasteiger partial charge on any atom is -0.481 e. The van der Waals surface area contributed by atoms with E-state index in [4.69, 9.17) is 0 Å². The first-order chi connectivity index (χ1) is 8.57. The molecule has 1 unspecified atom stereocenters. The molecule has 3 nitrogen and oxygen atoms in total. The van der Waals surface area contributed by atoms with E-state index in [1.165, 1.54) is 25.7 Å². The molecule has 0 amide bonds. The van der Waals surface area contributed by atoms with Crippen LogP contribution in [0.25, 0.3) is 0 Å². The molecule has 2 rings (SSSR count). The number of carboxylic acids is 1. The van der Waals surface area contributed by atoms with E-state index in [0.29, 0.717) is 6.04 Å². The van der Waals surface area contributed by atoms with Gasteiger partial charge in [-0.15, -0.1) is 0 Å². The fourth-order valence-electron chi connectivity index (χ4n) is 3.79. The van der Waals surface area contributed by atoms with Gasteiger partial charge in [0, 0.05) is 12.6 Å². The number of hydrogen-bond acceptors (Lipinski definition) is 2. The standard InChI is InChI=1S/C15H27NO2/c1-3-8-15(14(17)18)9-10-16(11-15)13-6-4-12(2)5-7-13/h12-13H,3-11H2,1-2H3,(H,17,18). The van der Waals surface area contributed by atoms with Gasteiger partial charge in [-0.25, -0.2) is 0 Å². The lowest BCUT2D eigenvalue weighted by atomic mass is 9.82. The van der Waals surface area contributed by atoms with E-state index in [9.17, 15) is 9.90 Å².